The molecule has 0 radical (unpaired) electrons. The maximum atomic E-state index is 12.7. The number of sulfonamides is 1. The first-order chi connectivity index (χ1) is 13.3. The summed E-state index contributed by atoms with van der Waals surface area (Å²) in [6.45, 7) is 0. The van der Waals surface area contributed by atoms with Crippen LogP contribution in [0.25, 0.3) is 0 Å². The normalized spacial score (nSPS) is 10.9. The van der Waals surface area contributed by atoms with E-state index >= 15 is 0 Å². The number of hydrogen-bond acceptors (Lipinski definition) is 6. The zero-order valence-electron chi connectivity index (χ0n) is 13.7. The van der Waals surface area contributed by atoms with Gasteiger partial charge in [-0.15, -0.1) is 0 Å². The molecule has 3 aromatic rings. The first-order valence-corrected chi connectivity index (χ1v) is 10.1. The minimum atomic E-state index is -4.05. The van der Waals surface area contributed by atoms with E-state index in [2.05, 4.69) is 14.7 Å². The number of nitrogens with one attached hydrogen (secondary N) is 1. The van der Waals surface area contributed by atoms with Gasteiger partial charge < -0.3 is 4.74 Å². The van der Waals surface area contributed by atoms with E-state index < -0.39 is 10.0 Å². The van der Waals surface area contributed by atoms with Crippen molar-refractivity contribution in [2.45, 2.75) is 4.90 Å². The lowest BCUT2D eigenvalue weighted by Crippen LogP contribution is -2.14. The summed E-state index contributed by atoms with van der Waals surface area (Å²) in [6, 6.07) is 10.1. The molecule has 0 saturated carbocycles. The van der Waals surface area contributed by atoms with Crippen LogP contribution < -0.4 is 9.46 Å². The van der Waals surface area contributed by atoms with Crippen LogP contribution in [0, 0.1) is 11.3 Å². The zero-order chi connectivity index (χ0) is 20.3. The Bertz CT molecular complexity index is 1200. The van der Waals surface area contributed by atoms with Crippen LogP contribution in [0.2, 0.25) is 15.1 Å². The van der Waals surface area contributed by atoms with Crippen molar-refractivity contribution < 1.29 is 13.2 Å². The monoisotopic (exact) mass is 454 g/mol. The Morgan fingerprint density at radius 3 is 2.57 bits per heavy atom. The molecule has 142 valence electrons. The number of nitrogens with zero attached hydrogens (tertiary/aromatic N) is 3. The molecule has 0 amide bonds. The SMILES string of the molecule is N#Cc1ncccc1Oc1ncc(Cl)cc1NS(=O)(=O)c1ccc(Cl)c(Cl)c1. The van der Waals surface area contributed by atoms with Crippen LogP contribution in [0.5, 0.6) is 11.6 Å². The predicted octanol–water partition coefficient (Wildman–Crippen LogP) is 4.90. The van der Waals surface area contributed by atoms with Crippen molar-refractivity contribution in [3.05, 3.63) is 69.6 Å². The molecule has 0 atom stereocenters. The molecule has 0 aliphatic rings. The molecule has 7 nitrogen and oxygen atoms in total. The van der Waals surface area contributed by atoms with E-state index in [1.165, 1.54) is 42.7 Å². The molecule has 0 saturated heterocycles. The molecule has 3 rings (SSSR count). The van der Waals surface area contributed by atoms with E-state index in [-0.39, 0.29) is 43.0 Å². The van der Waals surface area contributed by atoms with Crippen molar-refractivity contribution in [3.63, 3.8) is 0 Å². The molecule has 0 bridgehead atoms. The van der Waals surface area contributed by atoms with Gasteiger partial charge in [0.2, 0.25) is 5.88 Å². The third kappa shape index (κ3) is 4.46. The number of nitriles is 1. The third-order valence-electron chi connectivity index (χ3n) is 3.35. The molecule has 0 unspecified atom stereocenters. The van der Waals surface area contributed by atoms with E-state index in [0.29, 0.717) is 0 Å². The smallest absolute Gasteiger partial charge is 0.262 e. The summed E-state index contributed by atoms with van der Waals surface area (Å²) in [4.78, 5) is 7.75. The highest BCUT2D eigenvalue weighted by Gasteiger charge is 2.20. The van der Waals surface area contributed by atoms with Crippen LogP contribution in [0.1, 0.15) is 5.69 Å². The van der Waals surface area contributed by atoms with E-state index in [1.807, 2.05) is 6.07 Å². The number of aromatic nitrogens is 2. The van der Waals surface area contributed by atoms with Crippen LogP contribution in [-0.2, 0) is 10.0 Å². The van der Waals surface area contributed by atoms with E-state index in [1.54, 1.807) is 6.07 Å². The van der Waals surface area contributed by atoms with E-state index in [0.717, 1.165) is 0 Å². The molecule has 0 spiro atoms. The van der Waals surface area contributed by atoms with Crippen LogP contribution in [-0.4, -0.2) is 18.4 Å². The molecule has 2 aromatic heterocycles. The number of halogens is 3. The standard InChI is InChI=1S/C17H9Cl3N4O3S/c18-10-6-14(24-28(25,26)11-3-4-12(19)13(20)7-11)17(23-9-10)27-16-2-1-5-22-15(16)8-21/h1-7,9,24H. The fraction of sp³-hybridized carbons (Fsp3) is 0. The fourth-order valence-corrected chi connectivity index (χ4v) is 3.68. The summed E-state index contributed by atoms with van der Waals surface area (Å²) in [5.74, 6) is -0.00709. The van der Waals surface area contributed by atoms with E-state index in [4.69, 9.17) is 44.8 Å². The van der Waals surface area contributed by atoms with Crippen LogP contribution in [0.15, 0.2) is 53.7 Å². The fourth-order valence-electron chi connectivity index (χ4n) is 2.09. The van der Waals surface area contributed by atoms with Gasteiger partial charge in [0.25, 0.3) is 10.0 Å². The average Bonchev–Trinajstić information content (AvgIpc) is 2.66. The summed E-state index contributed by atoms with van der Waals surface area (Å²) in [6.07, 6.45) is 2.70. The van der Waals surface area contributed by atoms with Crippen molar-refractivity contribution in [2.24, 2.45) is 0 Å². The number of anilines is 1. The van der Waals surface area contributed by atoms with Gasteiger partial charge in [0.05, 0.1) is 20.0 Å². The van der Waals surface area contributed by atoms with Gasteiger partial charge in [-0.1, -0.05) is 34.8 Å². The van der Waals surface area contributed by atoms with Crippen molar-refractivity contribution >= 4 is 50.5 Å². The molecule has 1 aromatic carbocycles. The highest BCUT2D eigenvalue weighted by atomic mass is 35.5. The Morgan fingerprint density at radius 2 is 1.86 bits per heavy atom. The minimum Gasteiger partial charge on any atom is -0.434 e. The number of ether oxygens (including phenoxy) is 1. The summed E-state index contributed by atoms with van der Waals surface area (Å²) >= 11 is 17.7. The van der Waals surface area contributed by atoms with Crippen molar-refractivity contribution in [3.8, 4) is 17.7 Å². The Balaban J connectivity index is 1.99. The number of rotatable bonds is 5. The maximum Gasteiger partial charge on any atom is 0.262 e. The Kier molecular flexibility index (Phi) is 5.91. The summed E-state index contributed by atoms with van der Waals surface area (Å²) in [5, 5.41) is 9.60. The second kappa shape index (κ2) is 8.20. The Morgan fingerprint density at radius 1 is 1.07 bits per heavy atom. The molecular weight excluding hydrogens is 447 g/mol. The van der Waals surface area contributed by atoms with Gasteiger partial charge in [0.15, 0.2) is 11.4 Å². The molecule has 2 heterocycles. The lowest BCUT2D eigenvalue weighted by molar-refractivity contribution is 0.461. The van der Waals surface area contributed by atoms with Crippen molar-refractivity contribution in [1.29, 1.82) is 5.26 Å². The van der Waals surface area contributed by atoms with Gasteiger partial charge in [-0.2, -0.15) is 5.26 Å². The first-order valence-electron chi connectivity index (χ1n) is 7.46. The first kappa shape index (κ1) is 20.2. The Labute approximate surface area is 175 Å². The molecule has 0 aliphatic heterocycles. The molecule has 28 heavy (non-hydrogen) atoms. The van der Waals surface area contributed by atoms with Gasteiger partial charge in [-0.05, 0) is 36.4 Å². The molecule has 0 aliphatic carbocycles. The largest absolute Gasteiger partial charge is 0.434 e. The van der Waals surface area contributed by atoms with Crippen molar-refractivity contribution in [1.82, 2.24) is 9.97 Å². The van der Waals surface area contributed by atoms with Gasteiger partial charge in [0, 0.05) is 12.4 Å². The Hall–Kier alpha value is -2.57. The predicted molar refractivity (Wildman–Crippen MR) is 106 cm³/mol. The zero-order valence-corrected chi connectivity index (χ0v) is 16.8. The van der Waals surface area contributed by atoms with Crippen LogP contribution in [0.4, 0.5) is 5.69 Å². The molecule has 0 fully saturated rings. The quantitative estimate of drug-likeness (QED) is 0.586. The summed E-state index contributed by atoms with van der Waals surface area (Å²) in [7, 11) is -4.05. The maximum absolute atomic E-state index is 12.7. The number of pyridine rings is 2. The molecular formula is C17H9Cl3N4O3S. The second-order valence-corrected chi connectivity index (χ2v) is 8.18. The van der Waals surface area contributed by atoms with Gasteiger partial charge in [0.1, 0.15) is 11.8 Å². The van der Waals surface area contributed by atoms with Gasteiger partial charge in [-0.25, -0.2) is 18.4 Å². The average molecular weight is 456 g/mol. The number of hydrogen-bond donors (Lipinski definition) is 1. The topological polar surface area (TPSA) is 105 Å². The lowest BCUT2D eigenvalue weighted by atomic mass is 10.3. The van der Waals surface area contributed by atoms with Crippen molar-refractivity contribution in [2.75, 3.05) is 4.72 Å². The summed E-state index contributed by atoms with van der Waals surface area (Å²) in [5.41, 5.74) is -0.0242. The van der Waals surface area contributed by atoms with Crippen LogP contribution >= 0.6 is 34.8 Å². The molecule has 11 heteroatoms. The highest BCUT2D eigenvalue weighted by Crippen LogP contribution is 2.33. The minimum absolute atomic E-state index is 0.0116. The third-order valence-corrected chi connectivity index (χ3v) is 5.66. The van der Waals surface area contributed by atoms with Gasteiger partial charge in [-0.3, -0.25) is 4.72 Å². The van der Waals surface area contributed by atoms with E-state index in [9.17, 15) is 8.42 Å². The molecule has 1 N–H and O–H groups in total. The van der Waals surface area contributed by atoms with Crippen LogP contribution in [0.3, 0.4) is 0 Å². The summed E-state index contributed by atoms with van der Waals surface area (Å²) < 4.78 is 33.3. The van der Waals surface area contributed by atoms with Gasteiger partial charge >= 0.3 is 0 Å². The highest BCUT2D eigenvalue weighted by molar-refractivity contribution is 7.92. The second-order valence-electron chi connectivity index (χ2n) is 5.25. The number of benzene rings is 1. The lowest BCUT2D eigenvalue weighted by Gasteiger charge is -2.13.